The molecule has 0 bridgehead atoms. The molecule has 120 valence electrons. The summed E-state index contributed by atoms with van der Waals surface area (Å²) < 4.78 is 15.0. The molecular formula is C18H14FN3OS. The highest BCUT2D eigenvalue weighted by molar-refractivity contribution is 7.19. The number of phenols is 1. The van der Waals surface area contributed by atoms with E-state index in [0.29, 0.717) is 0 Å². The predicted octanol–water partition coefficient (Wildman–Crippen LogP) is 4.49. The Morgan fingerprint density at radius 1 is 1.12 bits per heavy atom. The van der Waals surface area contributed by atoms with E-state index in [1.807, 2.05) is 42.6 Å². The van der Waals surface area contributed by atoms with Crippen molar-refractivity contribution in [1.82, 2.24) is 14.8 Å². The average Bonchev–Trinajstić information content (AvgIpc) is 3.15. The van der Waals surface area contributed by atoms with Gasteiger partial charge >= 0.3 is 0 Å². The number of hydrogen-bond acceptors (Lipinski definition) is 4. The minimum Gasteiger partial charge on any atom is -0.508 e. The molecule has 0 atom stereocenters. The minimum absolute atomic E-state index is 0.246. The second-order valence-electron chi connectivity index (χ2n) is 5.44. The fourth-order valence-corrected chi connectivity index (χ4v) is 3.46. The van der Waals surface area contributed by atoms with E-state index in [-0.39, 0.29) is 12.3 Å². The van der Waals surface area contributed by atoms with E-state index < -0.39 is 6.67 Å². The third-order valence-electron chi connectivity index (χ3n) is 3.70. The van der Waals surface area contributed by atoms with Gasteiger partial charge in [0, 0.05) is 11.6 Å². The highest BCUT2D eigenvalue weighted by atomic mass is 32.1. The molecule has 0 fully saturated rings. The van der Waals surface area contributed by atoms with Gasteiger partial charge in [-0.05, 0) is 35.9 Å². The maximum Gasteiger partial charge on any atom is 0.117 e. The Morgan fingerprint density at radius 3 is 2.92 bits per heavy atom. The summed E-state index contributed by atoms with van der Waals surface area (Å²) >= 11 is 1.53. The number of halogens is 1. The lowest BCUT2D eigenvalue weighted by atomic mass is 10.1. The number of rotatable bonds is 4. The molecule has 2 aromatic heterocycles. The summed E-state index contributed by atoms with van der Waals surface area (Å²) in [4.78, 5) is 4.52. The summed E-state index contributed by atoms with van der Waals surface area (Å²) in [5, 5.41) is 15.8. The monoisotopic (exact) mass is 339 g/mol. The fourth-order valence-electron chi connectivity index (χ4n) is 2.56. The van der Waals surface area contributed by atoms with E-state index in [1.165, 1.54) is 11.3 Å². The Kier molecular flexibility index (Phi) is 3.74. The number of benzene rings is 2. The van der Waals surface area contributed by atoms with Crippen molar-refractivity contribution in [3.63, 3.8) is 0 Å². The maximum atomic E-state index is 12.4. The number of hydrogen-bond donors (Lipinski definition) is 1. The second kappa shape index (κ2) is 6.05. The Hall–Kier alpha value is -2.73. The predicted molar refractivity (Wildman–Crippen MR) is 95.9 cm³/mol. The quantitative estimate of drug-likeness (QED) is 0.596. The number of fused-ring (bicyclic) bond motifs is 2. The summed E-state index contributed by atoms with van der Waals surface area (Å²) in [6.07, 6.45) is 5.77. The first kappa shape index (κ1) is 14.8. The van der Waals surface area contributed by atoms with Gasteiger partial charge in [0.2, 0.25) is 0 Å². The topological polar surface area (TPSA) is 50.9 Å². The first-order valence-corrected chi connectivity index (χ1v) is 8.34. The molecule has 0 aliphatic heterocycles. The number of aromatic nitrogens is 3. The number of aryl methyl sites for hydroxylation is 1. The molecule has 0 saturated carbocycles. The summed E-state index contributed by atoms with van der Waals surface area (Å²) in [6.45, 7) is -0.147. The molecule has 24 heavy (non-hydrogen) atoms. The van der Waals surface area contributed by atoms with Crippen LogP contribution in [0.3, 0.4) is 0 Å². The van der Waals surface area contributed by atoms with Crippen LogP contribution in [0.15, 0.2) is 42.6 Å². The molecule has 4 rings (SSSR count). The van der Waals surface area contributed by atoms with Crippen molar-refractivity contribution < 1.29 is 9.50 Å². The van der Waals surface area contributed by atoms with Gasteiger partial charge in [0.25, 0.3) is 0 Å². The molecule has 0 saturated heterocycles. The van der Waals surface area contributed by atoms with Crippen molar-refractivity contribution in [2.75, 3.05) is 6.67 Å². The maximum absolute atomic E-state index is 12.4. The van der Waals surface area contributed by atoms with Gasteiger partial charge in [0.1, 0.15) is 17.4 Å². The van der Waals surface area contributed by atoms with Crippen molar-refractivity contribution >= 4 is 44.6 Å². The third kappa shape index (κ3) is 2.88. The molecule has 0 amide bonds. The van der Waals surface area contributed by atoms with Crippen LogP contribution in [0.25, 0.3) is 33.3 Å². The van der Waals surface area contributed by atoms with Crippen LogP contribution in [-0.4, -0.2) is 26.5 Å². The molecule has 4 aromatic rings. The Morgan fingerprint density at radius 2 is 2.04 bits per heavy atom. The van der Waals surface area contributed by atoms with Gasteiger partial charge in [-0.1, -0.05) is 18.2 Å². The van der Waals surface area contributed by atoms with E-state index in [1.54, 1.807) is 16.8 Å². The zero-order valence-corrected chi connectivity index (χ0v) is 13.5. The lowest BCUT2D eigenvalue weighted by Gasteiger charge is -1.93. The molecule has 0 aliphatic carbocycles. The molecule has 0 spiro atoms. The lowest BCUT2D eigenvalue weighted by Crippen LogP contribution is -1.98. The Balaban J connectivity index is 1.62. The molecular weight excluding hydrogens is 325 g/mol. The Labute approximate surface area is 141 Å². The molecule has 4 nitrogen and oxygen atoms in total. The molecule has 2 aromatic carbocycles. The van der Waals surface area contributed by atoms with Crippen LogP contribution in [-0.2, 0) is 6.54 Å². The fraction of sp³-hybridized carbons (Fsp3) is 0.111. The Bertz CT molecular complexity index is 1050. The van der Waals surface area contributed by atoms with Crippen molar-refractivity contribution in [3.8, 4) is 5.75 Å². The summed E-state index contributed by atoms with van der Waals surface area (Å²) in [7, 11) is 0. The number of thiazole rings is 1. The van der Waals surface area contributed by atoms with Crippen LogP contribution in [0.2, 0.25) is 0 Å². The van der Waals surface area contributed by atoms with Gasteiger partial charge in [0.05, 0.1) is 22.3 Å². The van der Waals surface area contributed by atoms with Gasteiger partial charge in [-0.2, -0.15) is 5.10 Å². The largest absolute Gasteiger partial charge is 0.508 e. The van der Waals surface area contributed by atoms with Crippen LogP contribution in [0.5, 0.6) is 5.75 Å². The van der Waals surface area contributed by atoms with Crippen molar-refractivity contribution in [2.24, 2.45) is 0 Å². The van der Waals surface area contributed by atoms with Crippen LogP contribution in [0.4, 0.5) is 4.39 Å². The number of phenolic OH excluding ortho intramolecular Hbond substituents is 1. The van der Waals surface area contributed by atoms with E-state index >= 15 is 0 Å². The van der Waals surface area contributed by atoms with Crippen LogP contribution in [0, 0.1) is 0 Å². The number of nitrogens with zero attached hydrogens (tertiary/aromatic N) is 3. The smallest absolute Gasteiger partial charge is 0.117 e. The minimum atomic E-state index is -0.423. The van der Waals surface area contributed by atoms with Crippen LogP contribution >= 0.6 is 11.3 Å². The zero-order valence-electron chi connectivity index (χ0n) is 12.7. The summed E-state index contributed by atoms with van der Waals surface area (Å²) in [6, 6.07) is 11.1. The zero-order chi connectivity index (χ0) is 16.5. The van der Waals surface area contributed by atoms with Gasteiger partial charge in [-0.15, -0.1) is 11.3 Å². The SMILES string of the molecule is Oc1ccc2nc(/C=C/c3ccc4cn(CCF)nc4c3)sc2c1. The molecule has 6 heteroatoms. The van der Waals surface area contributed by atoms with Crippen molar-refractivity contribution in [2.45, 2.75) is 6.54 Å². The first-order chi connectivity index (χ1) is 11.7. The standard InChI is InChI=1S/C18H14FN3OS/c19-7-8-22-11-13-3-1-12(9-16(13)21-22)2-6-18-20-15-5-4-14(23)10-17(15)24-18/h1-6,9-11,23H,7-8H2/b6-2+. The van der Waals surface area contributed by atoms with Crippen LogP contribution in [0.1, 0.15) is 10.6 Å². The molecule has 0 aliphatic rings. The molecule has 0 radical (unpaired) electrons. The van der Waals surface area contributed by atoms with Gasteiger partial charge in [-0.3, -0.25) is 4.68 Å². The first-order valence-electron chi connectivity index (χ1n) is 7.52. The normalized spacial score (nSPS) is 11.9. The van der Waals surface area contributed by atoms with Crippen molar-refractivity contribution in [1.29, 1.82) is 0 Å². The molecule has 2 heterocycles. The summed E-state index contributed by atoms with van der Waals surface area (Å²) in [5.41, 5.74) is 2.73. The van der Waals surface area contributed by atoms with E-state index in [0.717, 1.165) is 31.7 Å². The second-order valence-corrected chi connectivity index (χ2v) is 6.50. The van der Waals surface area contributed by atoms with E-state index in [2.05, 4.69) is 10.1 Å². The average molecular weight is 339 g/mol. The number of aromatic hydroxyl groups is 1. The summed E-state index contributed by atoms with van der Waals surface area (Å²) in [5.74, 6) is 0.246. The highest BCUT2D eigenvalue weighted by Crippen LogP contribution is 2.27. The van der Waals surface area contributed by atoms with E-state index in [4.69, 9.17) is 0 Å². The van der Waals surface area contributed by atoms with E-state index in [9.17, 15) is 9.50 Å². The van der Waals surface area contributed by atoms with Crippen LogP contribution < -0.4 is 0 Å². The van der Waals surface area contributed by atoms with Gasteiger partial charge in [0.15, 0.2) is 0 Å². The van der Waals surface area contributed by atoms with Crippen molar-refractivity contribution in [3.05, 3.63) is 53.2 Å². The molecule has 0 unspecified atom stereocenters. The molecule has 1 N–H and O–H groups in total. The highest BCUT2D eigenvalue weighted by Gasteiger charge is 2.03. The third-order valence-corrected chi connectivity index (χ3v) is 4.68. The lowest BCUT2D eigenvalue weighted by molar-refractivity contribution is 0.428. The number of alkyl halides is 1. The van der Waals surface area contributed by atoms with Gasteiger partial charge in [-0.25, -0.2) is 9.37 Å². The van der Waals surface area contributed by atoms with Gasteiger partial charge < -0.3 is 5.11 Å².